The van der Waals surface area contributed by atoms with E-state index in [4.69, 9.17) is 0 Å². The highest BCUT2D eigenvalue weighted by Gasteiger charge is 2.08. The Balaban J connectivity index is 2.11. The van der Waals surface area contributed by atoms with Gasteiger partial charge in [0.05, 0.1) is 11.7 Å². The lowest BCUT2D eigenvalue weighted by Gasteiger charge is -2.07. The van der Waals surface area contributed by atoms with Gasteiger partial charge < -0.3 is 5.32 Å². The van der Waals surface area contributed by atoms with Gasteiger partial charge >= 0.3 is 0 Å². The first kappa shape index (κ1) is 11.9. The summed E-state index contributed by atoms with van der Waals surface area (Å²) in [7, 11) is 1.81. The number of hydrogen-bond donors (Lipinski definition) is 1. The van der Waals surface area contributed by atoms with Crippen molar-refractivity contribution in [2.24, 2.45) is 0 Å². The number of aromatic nitrogens is 4. The molecule has 0 saturated carbocycles. The normalized spacial score (nSPS) is 10.6. The van der Waals surface area contributed by atoms with E-state index >= 15 is 0 Å². The van der Waals surface area contributed by atoms with Crippen LogP contribution in [-0.4, -0.2) is 27.0 Å². The van der Waals surface area contributed by atoms with E-state index in [9.17, 15) is 0 Å². The van der Waals surface area contributed by atoms with Gasteiger partial charge in [0.15, 0.2) is 0 Å². The third-order valence-corrected chi connectivity index (χ3v) is 3.46. The zero-order valence-corrected chi connectivity index (χ0v) is 11.1. The largest absolute Gasteiger partial charge is 0.357 e. The minimum absolute atomic E-state index is 0.602. The van der Waals surface area contributed by atoms with Crippen LogP contribution in [0, 0.1) is 0 Å². The average molecular weight is 269 g/mol. The van der Waals surface area contributed by atoms with Crippen molar-refractivity contribution in [1.82, 2.24) is 19.9 Å². The number of fused-ring (bicyclic) bond motifs is 1. The molecule has 0 fully saturated rings. The number of hydrogen-bond acceptors (Lipinski definition) is 6. The number of rotatable bonds is 3. The Hall–Kier alpha value is -2.21. The number of benzene rings is 1. The third kappa shape index (κ3) is 2.48. The van der Waals surface area contributed by atoms with E-state index in [0.717, 1.165) is 21.0 Å². The Bertz CT molecular complexity index is 702. The van der Waals surface area contributed by atoms with Gasteiger partial charge in [0.2, 0.25) is 5.95 Å². The summed E-state index contributed by atoms with van der Waals surface area (Å²) in [5.41, 5.74) is 0.910. The first-order chi connectivity index (χ1) is 9.36. The smallest absolute Gasteiger partial charge is 0.224 e. The van der Waals surface area contributed by atoms with Crippen molar-refractivity contribution < 1.29 is 0 Å². The minimum atomic E-state index is 0.602. The summed E-state index contributed by atoms with van der Waals surface area (Å²) in [6, 6.07) is 7.92. The molecule has 94 valence electrons. The quantitative estimate of drug-likeness (QED) is 0.737. The molecule has 0 radical (unpaired) electrons. The Morgan fingerprint density at radius 2 is 2.00 bits per heavy atom. The molecule has 2 aromatic heterocycles. The zero-order chi connectivity index (χ0) is 13.1. The molecular weight excluding hydrogens is 258 g/mol. The molecule has 3 rings (SSSR count). The average Bonchev–Trinajstić information content (AvgIpc) is 2.48. The van der Waals surface area contributed by atoms with Crippen LogP contribution >= 0.6 is 11.8 Å². The molecular formula is C13H11N5S. The highest BCUT2D eigenvalue weighted by molar-refractivity contribution is 7.99. The second kappa shape index (κ2) is 5.19. The zero-order valence-electron chi connectivity index (χ0n) is 10.2. The van der Waals surface area contributed by atoms with Gasteiger partial charge in [-0.3, -0.25) is 4.98 Å². The molecule has 1 N–H and O–H groups in total. The Labute approximate surface area is 114 Å². The van der Waals surface area contributed by atoms with Crippen LogP contribution < -0.4 is 5.32 Å². The van der Waals surface area contributed by atoms with Gasteiger partial charge in [-0.1, -0.05) is 18.2 Å². The molecule has 0 unspecified atom stereocenters. The summed E-state index contributed by atoms with van der Waals surface area (Å²) < 4.78 is 0. The van der Waals surface area contributed by atoms with Gasteiger partial charge in [0, 0.05) is 24.8 Å². The van der Waals surface area contributed by atoms with Gasteiger partial charge in [0.25, 0.3) is 0 Å². The van der Waals surface area contributed by atoms with E-state index in [1.165, 1.54) is 11.8 Å². The molecule has 0 saturated heterocycles. The molecule has 0 aliphatic rings. The maximum atomic E-state index is 4.49. The van der Waals surface area contributed by atoms with Crippen molar-refractivity contribution in [3.8, 4) is 0 Å². The van der Waals surface area contributed by atoms with E-state index in [2.05, 4.69) is 25.3 Å². The minimum Gasteiger partial charge on any atom is -0.357 e. The molecule has 1 aromatic carbocycles. The lowest BCUT2D eigenvalue weighted by atomic mass is 10.2. The summed E-state index contributed by atoms with van der Waals surface area (Å²) in [5, 5.41) is 5.67. The van der Waals surface area contributed by atoms with Crippen LogP contribution in [0.1, 0.15) is 0 Å². The molecule has 19 heavy (non-hydrogen) atoms. The van der Waals surface area contributed by atoms with Gasteiger partial charge in [-0.2, -0.15) is 0 Å². The summed E-state index contributed by atoms with van der Waals surface area (Å²) in [6.45, 7) is 0. The molecule has 0 amide bonds. The summed E-state index contributed by atoms with van der Waals surface area (Å²) >= 11 is 1.48. The van der Waals surface area contributed by atoms with Gasteiger partial charge in [-0.05, 0) is 17.8 Å². The van der Waals surface area contributed by atoms with Crippen LogP contribution in [0.25, 0.3) is 10.9 Å². The Kier molecular flexibility index (Phi) is 3.24. The van der Waals surface area contributed by atoms with Gasteiger partial charge in [0.1, 0.15) is 10.1 Å². The van der Waals surface area contributed by atoms with Crippen molar-refractivity contribution in [1.29, 1.82) is 0 Å². The van der Waals surface area contributed by atoms with Crippen LogP contribution in [0.4, 0.5) is 5.95 Å². The van der Waals surface area contributed by atoms with Crippen LogP contribution in [0.3, 0.4) is 0 Å². The maximum absolute atomic E-state index is 4.49. The fourth-order valence-corrected chi connectivity index (χ4v) is 2.51. The van der Waals surface area contributed by atoms with Crippen molar-refractivity contribution in [2.75, 3.05) is 12.4 Å². The molecule has 0 aliphatic heterocycles. The topological polar surface area (TPSA) is 63.6 Å². The van der Waals surface area contributed by atoms with Crippen LogP contribution in [0.2, 0.25) is 0 Å². The predicted molar refractivity (Wildman–Crippen MR) is 75.2 cm³/mol. The van der Waals surface area contributed by atoms with Crippen LogP contribution in [-0.2, 0) is 0 Å². The SMILES string of the molecule is CNc1nc(Sc2cnccn2)c2ccccc2n1. The second-order valence-corrected chi connectivity index (χ2v) is 4.77. The highest BCUT2D eigenvalue weighted by atomic mass is 32.2. The van der Waals surface area contributed by atoms with E-state index < -0.39 is 0 Å². The standard InChI is InChI=1S/C13H11N5S/c1-14-13-17-10-5-3-2-4-9(10)12(18-13)19-11-8-15-6-7-16-11/h2-8H,1H3,(H,14,17,18). The number of para-hydroxylation sites is 1. The molecule has 0 aliphatic carbocycles. The molecule has 0 atom stereocenters. The fraction of sp³-hybridized carbons (Fsp3) is 0.0769. The lowest BCUT2D eigenvalue weighted by Crippen LogP contribution is -1.98. The number of nitrogens with zero attached hydrogens (tertiary/aromatic N) is 4. The van der Waals surface area contributed by atoms with Crippen LogP contribution in [0.15, 0.2) is 52.9 Å². The Morgan fingerprint density at radius 3 is 2.79 bits per heavy atom. The predicted octanol–water partition coefficient (Wildman–Crippen LogP) is 2.61. The van der Waals surface area contributed by atoms with Crippen LogP contribution in [0.5, 0.6) is 0 Å². The first-order valence-electron chi connectivity index (χ1n) is 5.75. The number of anilines is 1. The maximum Gasteiger partial charge on any atom is 0.224 e. The van der Waals surface area contributed by atoms with Crippen molar-refractivity contribution >= 4 is 28.6 Å². The summed E-state index contributed by atoms with van der Waals surface area (Å²) in [5.74, 6) is 0.602. The molecule has 5 nitrogen and oxygen atoms in total. The van der Waals surface area contributed by atoms with E-state index in [1.807, 2.05) is 24.3 Å². The molecule has 0 spiro atoms. The molecule has 0 bridgehead atoms. The summed E-state index contributed by atoms with van der Waals surface area (Å²) in [4.78, 5) is 17.2. The van der Waals surface area contributed by atoms with E-state index in [0.29, 0.717) is 5.95 Å². The summed E-state index contributed by atoms with van der Waals surface area (Å²) in [6.07, 6.45) is 5.05. The van der Waals surface area contributed by atoms with Crippen molar-refractivity contribution in [2.45, 2.75) is 10.1 Å². The molecule has 6 heteroatoms. The lowest BCUT2D eigenvalue weighted by molar-refractivity contribution is 1.04. The van der Waals surface area contributed by atoms with E-state index in [1.54, 1.807) is 25.6 Å². The third-order valence-electron chi connectivity index (χ3n) is 2.53. The molecule has 3 aromatic rings. The monoisotopic (exact) mass is 269 g/mol. The highest BCUT2D eigenvalue weighted by Crippen LogP contribution is 2.30. The van der Waals surface area contributed by atoms with Gasteiger partial charge in [-0.15, -0.1) is 0 Å². The first-order valence-corrected chi connectivity index (χ1v) is 6.57. The Morgan fingerprint density at radius 1 is 1.11 bits per heavy atom. The van der Waals surface area contributed by atoms with E-state index in [-0.39, 0.29) is 0 Å². The molecule has 2 heterocycles. The number of nitrogens with one attached hydrogen (secondary N) is 1. The van der Waals surface area contributed by atoms with Gasteiger partial charge in [-0.25, -0.2) is 15.0 Å². The van der Waals surface area contributed by atoms with Crippen molar-refractivity contribution in [3.05, 3.63) is 42.9 Å². The van der Waals surface area contributed by atoms with Crippen molar-refractivity contribution in [3.63, 3.8) is 0 Å². The second-order valence-electron chi connectivity index (χ2n) is 3.77. The fourth-order valence-electron chi connectivity index (χ4n) is 1.67.